The second-order valence-corrected chi connectivity index (χ2v) is 7.68. The van der Waals surface area contributed by atoms with Crippen LogP contribution in [0.15, 0.2) is 24.3 Å². The van der Waals surface area contributed by atoms with Gasteiger partial charge in [-0.05, 0) is 50.8 Å². The summed E-state index contributed by atoms with van der Waals surface area (Å²) >= 11 is 0. The molecule has 162 valence electrons. The fourth-order valence-electron chi connectivity index (χ4n) is 3.58. The highest BCUT2D eigenvalue weighted by Crippen LogP contribution is 2.40. The molecule has 0 aliphatic heterocycles. The summed E-state index contributed by atoms with van der Waals surface area (Å²) in [6.07, 6.45) is -4.12. The second-order valence-electron chi connectivity index (χ2n) is 7.68. The van der Waals surface area contributed by atoms with E-state index in [-0.39, 0.29) is 25.4 Å². The topological polar surface area (TPSA) is 64.6 Å². The number of alkyl halides is 3. The molecule has 3 atom stereocenters. The Balaban J connectivity index is 2.12. The molecule has 0 heterocycles. The van der Waals surface area contributed by atoms with Gasteiger partial charge < -0.3 is 14.8 Å². The zero-order valence-corrected chi connectivity index (χ0v) is 16.9. The van der Waals surface area contributed by atoms with E-state index < -0.39 is 35.9 Å². The minimum Gasteiger partial charge on any atom is -0.497 e. The van der Waals surface area contributed by atoms with Gasteiger partial charge in [0.15, 0.2) is 0 Å². The Morgan fingerprint density at radius 1 is 1.17 bits per heavy atom. The molecule has 5 nitrogen and oxygen atoms in total. The van der Waals surface area contributed by atoms with Gasteiger partial charge in [-0.25, -0.2) is 0 Å². The first-order chi connectivity index (χ1) is 13.6. The van der Waals surface area contributed by atoms with E-state index in [4.69, 9.17) is 9.47 Å². The molecule has 1 aromatic carbocycles. The number of hydrogen-bond acceptors (Lipinski definition) is 4. The van der Waals surface area contributed by atoms with Crippen molar-refractivity contribution in [3.05, 3.63) is 29.8 Å². The third-order valence-corrected chi connectivity index (χ3v) is 5.08. The summed E-state index contributed by atoms with van der Waals surface area (Å²) in [4.78, 5) is 24.9. The van der Waals surface area contributed by atoms with Crippen LogP contribution in [0.1, 0.15) is 57.6 Å². The summed E-state index contributed by atoms with van der Waals surface area (Å²) in [5, 5.41) is 2.77. The summed E-state index contributed by atoms with van der Waals surface area (Å²) in [5.74, 6) is -2.52. The van der Waals surface area contributed by atoms with Crippen LogP contribution in [0.2, 0.25) is 0 Å². The smallest absolute Gasteiger partial charge is 0.391 e. The summed E-state index contributed by atoms with van der Waals surface area (Å²) in [5.41, 5.74) is 0.656. The molecule has 29 heavy (non-hydrogen) atoms. The van der Waals surface area contributed by atoms with Crippen molar-refractivity contribution in [3.63, 3.8) is 0 Å². The normalized spacial score (nSPS) is 20.8. The molecule has 0 aromatic heterocycles. The predicted molar refractivity (Wildman–Crippen MR) is 101 cm³/mol. The first-order valence-electron chi connectivity index (χ1n) is 9.80. The predicted octanol–water partition coefficient (Wildman–Crippen LogP) is 4.56. The lowest BCUT2D eigenvalue weighted by Crippen LogP contribution is -2.39. The van der Waals surface area contributed by atoms with E-state index in [2.05, 4.69) is 5.32 Å². The van der Waals surface area contributed by atoms with Gasteiger partial charge in [0.25, 0.3) is 0 Å². The quantitative estimate of drug-likeness (QED) is 0.663. The van der Waals surface area contributed by atoms with E-state index in [9.17, 15) is 22.8 Å². The summed E-state index contributed by atoms with van der Waals surface area (Å²) in [6.45, 7) is 3.44. The third kappa shape index (κ3) is 6.94. The SMILES string of the molecule is COc1ccc([C@@H](CC(=O)OC(C)C)NC(=O)[C@@H]2CCC[C@H](C(F)(F)F)C2)cc1. The molecule has 1 fully saturated rings. The monoisotopic (exact) mass is 415 g/mol. The van der Waals surface area contributed by atoms with Gasteiger partial charge in [0.05, 0.1) is 31.6 Å². The highest BCUT2D eigenvalue weighted by atomic mass is 19.4. The molecule has 2 rings (SSSR count). The number of benzene rings is 1. The molecule has 1 saturated carbocycles. The maximum Gasteiger partial charge on any atom is 0.391 e. The van der Waals surface area contributed by atoms with Crippen molar-refractivity contribution >= 4 is 11.9 Å². The van der Waals surface area contributed by atoms with E-state index in [1.165, 1.54) is 7.11 Å². The lowest BCUT2D eigenvalue weighted by molar-refractivity contribution is -0.186. The Morgan fingerprint density at radius 3 is 2.38 bits per heavy atom. The largest absolute Gasteiger partial charge is 0.497 e. The number of nitrogens with one attached hydrogen (secondary N) is 1. The van der Waals surface area contributed by atoms with Crippen molar-refractivity contribution in [2.24, 2.45) is 11.8 Å². The molecule has 1 aliphatic rings. The Morgan fingerprint density at radius 2 is 1.83 bits per heavy atom. The van der Waals surface area contributed by atoms with Crippen LogP contribution in [0.4, 0.5) is 13.2 Å². The van der Waals surface area contributed by atoms with E-state index in [0.29, 0.717) is 24.2 Å². The van der Waals surface area contributed by atoms with Gasteiger partial charge in [-0.15, -0.1) is 0 Å². The minimum atomic E-state index is -4.30. The number of carbonyl (C=O) groups is 2. The van der Waals surface area contributed by atoms with Crippen LogP contribution in [0.25, 0.3) is 0 Å². The van der Waals surface area contributed by atoms with Gasteiger partial charge in [0, 0.05) is 5.92 Å². The lowest BCUT2D eigenvalue weighted by Gasteiger charge is -2.31. The number of ether oxygens (including phenoxy) is 2. The molecule has 0 saturated heterocycles. The zero-order valence-electron chi connectivity index (χ0n) is 16.9. The molecule has 0 spiro atoms. The van der Waals surface area contributed by atoms with Crippen molar-refractivity contribution < 1.29 is 32.2 Å². The molecule has 1 aliphatic carbocycles. The minimum absolute atomic E-state index is 0.0515. The van der Waals surface area contributed by atoms with Gasteiger partial charge in [0.1, 0.15) is 5.75 Å². The maximum atomic E-state index is 13.1. The van der Waals surface area contributed by atoms with E-state index >= 15 is 0 Å². The highest BCUT2D eigenvalue weighted by Gasteiger charge is 2.43. The summed E-state index contributed by atoms with van der Waals surface area (Å²) in [6, 6.07) is 6.13. The van der Waals surface area contributed by atoms with Gasteiger partial charge >= 0.3 is 12.1 Å². The Bertz CT molecular complexity index is 688. The highest BCUT2D eigenvalue weighted by molar-refractivity contribution is 5.80. The third-order valence-electron chi connectivity index (χ3n) is 5.08. The average molecular weight is 415 g/mol. The molecular weight excluding hydrogens is 387 g/mol. The molecule has 1 amide bonds. The summed E-state index contributed by atoms with van der Waals surface area (Å²) in [7, 11) is 1.52. The van der Waals surface area contributed by atoms with Crippen molar-refractivity contribution in [1.29, 1.82) is 0 Å². The Kier molecular flexibility index (Phi) is 7.93. The van der Waals surface area contributed by atoms with Crippen molar-refractivity contribution in [3.8, 4) is 5.75 Å². The fourth-order valence-corrected chi connectivity index (χ4v) is 3.58. The van der Waals surface area contributed by atoms with Gasteiger partial charge in [-0.2, -0.15) is 13.2 Å². The van der Waals surface area contributed by atoms with Crippen molar-refractivity contribution in [1.82, 2.24) is 5.32 Å². The number of halogens is 3. The van der Waals surface area contributed by atoms with Crippen LogP contribution >= 0.6 is 0 Å². The lowest BCUT2D eigenvalue weighted by atomic mass is 9.80. The molecule has 1 aromatic rings. The molecule has 0 radical (unpaired) electrons. The number of esters is 1. The average Bonchev–Trinajstić information content (AvgIpc) is 2.66. The number of rotatable bonds is 7. The Hall–Kier alpha value is -2.25. The van der Waals surface area contributed by atoms with E-state index in [1.54, 1.807) is 38.1 Å². The molecule has 0 unspecified atom stereocenters. The van der Waals surface area contributed by atoms with Crippen molar-refractivity contribution in [2.75, 3.05) is 7.11 Å². The standard InChI is InChI=1S/C21H28F3NO4/c1-13(2)29-19(26)12-18(14-7-9-17(28-3)10-8-14)25-20(27)15-5-4-6-16(11-15)21(22,23)24/h7-10,13,15-16,18H,4-6,11-12H2,1-3H3,(H,25,27)/t15-,16+,18-/m1/s1. The first kappa shape index (κ1) is 23.0. The van der Waals surface area contributed by atoms with E-state index in [1.807, 2.05) is 0 Å². The number of hydrogen-bond donors (Lipinski definition) is 1. The van der Waals surface area contributed by atoms with Crippen LogP contribution in [-0.2, 0) is 14.3 Å². The number of methoxy groups -OCH3 is 1. The second kappa shape index (κ2) is 9.98. The van der Waals surface area contributed by atoms with Gasteiger partial charge in [0.2, 0.25) is 5.91 Å². The molecular formula is C21H28F3NO4. The first-order valence-corrected chi connectivity index (χ1v) is 9.80. The van der Waals surface area contributed by atoms with E-state index in [0.717, 1.165) is 0 Å². The van der Waals surface area contributed by atoms with Crippen LogP contribution in [0.3, 0.4) is 0 Å². The van der Waals surface area contributed by atoms with Crippen LogP contribution in [0.5, 0.6) is 5.75 Å². The van der Waals surface area contributed by atoms with Crippen LogP contribution in [-0.4, -0.2) is 31.3 Å². The molecule has 0 bridgehead atoms. The number of carbonyl (C=O) groups excluding carboxylic acids is 2. The van der Waals surface area contributed by atoms with Gasteiger partial charge in [-0.1, -0.05) is 18.6 Å². The maximum absolute atomic E-state index is 13.1. The van der Waals surface area contributed by atoms with Crippen molar-refractivity contribution in [2.45, 2.75) is 64.3 Å². The Labute approximate surface area is 168 Å². The van der Waals surface area contributed by atoms with Crippen LogP contribution < -0.4 is 10.1 Å². The summed E-state index contributed by atoms with van der Waals surface area (Å²) < 4.78 is 49.5. The zero-order chi connectivity index (χ0) is 21.6. The molecule has 8 heteroatoms. The number of amides is 1. The molecule has 1 N–H and O–H groups in total. The fraction of sp³-hybridized carbons (Fsp3) is 0.619. The van der Waals surface area contributed by atoms with Gasteiger partial charge in [-0.3, -0.25) is 9.59 Å². The van der Waals surface area contributed by atoms with Crippen LogP contribution in [0, 0.1) is 11.8 Å².